The van der Waals surface area contributed by atoms with Crippen LogP contribution in [0.3, 0.4) is 0 Å². The van der Waals surface area contributed by atoms with Gasteiger partial charge in [0.25, 0.3) is 0 Å². The molecule has 0 saturated heterocycles. The SMILES string of the molecule is Cc1cc(CO)c2c(N)c(C=O)sc2n1. The average Bonchev–Trinajstić information content (AvgIpc) is 2.54. The van der Waals surface area contributed by atoms with E-state index >= 15 is 0 Å². The number of aryl methyl sites for hydroxylation is 1. The number of anilines is 1. The predicted molar refractivity (Wildman–Crippen MR) is 60.1 cm³/mol. The zero-order valence-electron chi connectivity index (χ0n) is 8.15. The number of aromatic nitrogens is 1. The summed E-state index contributed by atoms with van der Waals surface area (Å²) in [5.74, 6) is 0. The van der Waals surface area contributed by atoms with E-state index in [-0.39, 0.29) is 6.61 Å². The van der Waals surface area contributed by atoms with E-state index in [0.717, 1.165) is 17.5 Å². The molecular weight excluding hydrogens is 212 g/mol. The molecule has 4 nitrogen and oxygen atoms in total. The van der Waals surface area contributed by atoms with Crippen molar-refractivity contribution in [1.82, 2.24) is 4.98 Å². The predicted octanol–water partition coefficient (Wildman–Crippen LogP) is 1.49. The molecule has 5 heteroatoms. The Kier molecular flexibility index (Phi) is 2.42. The second-order valence-corrected chi connectivity index (χ2v) is 4.29. The first-order valence-electron chi connectivity index (χ1n) is 4.42. The number of aldehydes is 1. The number of rotatable bonds is 2. The van der Waals surface area contributed by atoms with Gasteiger partial charge in [0.1, 0.15) is 4.83 Å². The van der Waals surface area contributed by atoms with Crippen LogP contribution in [0.25, 0.3) is 10.2 Å². The summed E-state index contributed by atoms with van der Waals surface area (Å²) in [5.41, 5.74) is 7.75. The molecule has 0 spiro atoms. The van der Waals surface area contributed by atoms with Crippen molar-refractivity contribution in [3.63, 3.8) is 0 Å². The van der Waals surface area contributed by atoms with Crippen molar-refractivity contribution < 1.29 is 9.90 Å². The van der Waals surface area contributed by atoms with Crippen molar-refractivity contribution in [2.75, 3.05) is 5.73 Å². The summed E-state index contributed by atoms with van der Waals surface area (Å²) < 4.78 is 0. The molecule has 0 radical (unpaired) electrons. The molecule has 0 aliphatic heterocycles. The van der Waals surface area contributed by atoms with Crippen LogP contribution in [-0.4, -0.2) is 16.4 Å². The summed E-state index contributed by atoms with van der Waals surface area (Å²) >= 11 is 1.25. The van der Waals surface area contributed by atoms with Crippen molar-refractivity contribution in [1.29, 1.82) is 0 Å². The summed E-state index contributed by atoms with van der Waals surface area (Å²) in [6, 6.07) is 1.78. The summed E-state index contributed by atoms with van der Waals surface area (Å²) in [7, 11) is 0. The number of pyridine rings is 1. The largest absolute Gasteiger partial charge is 0.397 e. The molecule has 0 fully saturated rings. The monoisotopic (exact) mass is 222 g/mol. The number of fused-ring (bicyclic) bond motifs is 1. The number of nitrogens with zero attached hydrogens (tertiary/aromatic N) is 1. The second-order valence-electron chi connectivity index (χ2n) is 3.26. The molecule has 78 valence electrons. The molecule has 0 bridgehead atoms. The lowest BCUT2D eigenvalue weighted by atomic mass is 10.1. The Bertz CT molecular complexity index is 534. The Balaban J connectivity index is 2.87. The van der Waals surface area contributed by atoms with Gasteiger partial charge in [0.2, 0.25) is 0 Å². The van der Waals surface area contributed by atoms with Gasteiger partial charge < -0.3 is 10.8 Å². The lowest BCUT2D eigenvalue weighted by Gasteiger charge is -2.01. The van der Waals surface area contributed by atoms with E-state index in [4.69, 9.17) is 5.73 Å². The van der Waals surface area contributed by atoms with Crippen molar-refractivity contribution in [3.05, 3.63) is 22.2 Å². The summed E-state index contributed by atoms with van der Waals surface area (Å²) in [4.78, 5) is 16.2. The Morgan fingerprint density at radius 1 is 1.67 bits per heavy atom. The van der Waals surface area contributed by atoms with Gasteiger partial charge in [-0.3, -0.25) is 4.79 Å². The highest BCUT2D eigenvalue weighted by Gasteiger charge is 2.13. The highest BCUT2D eigenvalue weighted by Crippen LogP contribution is 2.34. The van der Waals surface area contributed by atoms with E-state index < -0.39 is 0 Å². The Morgan fingerprint density at radius 2 is 2.40 bits per heavy atom. The molecule has 0 aromatic carbocycles. The number of carbonyl (C=O) groups excluding carboxylic acids is 1. The number of nitrogen functional groups attached to an aromatic ring is 1. The summed E-state index contributed by atoms with van der Waals surface area (Å²) in [5, 5.41) is 9.90. The fourth-order valence-corrected chi connectivity index (χ4v) is 2.57. The molecule has 0 saturated carbocycles. The number of aliphatic hydroxyl groups is 1. The van der Waals surface area contributed by atoms with Gasteiger partial charge in [-0.15, -0.1) is 11.3 Å². The van der Waals surface area contributed by atoms with Gasteiger partial charge in [-0.1, -0.05) is 0 Å². The first-order valence-corrected chi connectivity index (χ1v) is 5.23. The topological polar surface area (TPSA) is 76.2 Å². The fraction of sp³-hybridized carbons (Fsp3) is 0.200. The van der Waals surface area contributed by atoms with Crippen LogP contribution in [0, 0.1) is 6.92 Å². The van der Waals surface area contributed by atoms with Gasteiger partial charge in [-0.05, 0) is 18.6 Å². The van der Waals surface area contributed by atoms with Crippen LogP contribution in [0.5, 0.6) is 0 Å². The molecule has 0 amide bonds. The highest BCUT2D eigenvalue weighted by atomic mass is 32.1. The Hall–Kier alpha value is -1.46. The van der Waals surface area contributed by atoms with Gasteiger partial charge >= 0.3 is 0 Å². The molecule has 15 heavy (non-hydrogen) atoms. The third-order valence-electron chi connectivity index (χ3n) is 2.21. The smallest absolute Gasteiger partial charge is 0.162 e. The number of thiophene rings is 1. The maximum atomic E-state index is 10.7. The number of nitrogens with two attached hydrogens (primary N) is 1. The molecule has 0 unspecified atom stereocenters. The van der Waals surface area contributed by atoms with Crippen LogP contribution in [0.15, 0.2) is 6.07 Å². The van der Waals surface area contributed by atoms with Crippen molar-refractivity contribution in [2.24, 2.45) is 0 Å². The first kappa shape index (κ1) is 10.1. The van der Waals surface area contributed by atoms with E-state index in [1.54, 1.807) is 6.07 Å². The second kappa shape index (κ2) is 3.60. The molecule has 0 aliphatic carbocycles. The zero-order valence-corrected chi connectivity index (χ0v) is 8.97. The summed E-state index contributed by atoms with van der Waals surface area (Å²) in [6.07, 6.45) is 0.720. The van der Waals surface area contributed by atoms with Gasteiger partial charge in [0, 0.05) is 11.1 Å². The molecule has 0 atom stereocenters. The maximum Gasteiger partial charge on any atom is 0.162 e. The molecule has 2 heterocycles. The Labute approximate surface area is 90.4 Å². The Morgan fingerprint density at radius 3 is 3.00 bits per heavy atom. The quantitative estimate of drug-likeness (QED) is 0.755. The normalized spacial score (nSPS) is 10.8. The van der Waals surface area contributed by atoms with Crippen molar-refractivity contribution in [2.45, 2.75) is 13.5 Å². The minimum absolute atomic E-state index is 0.0981. The van der Waals surface area contributed by atoms with Crippen molar-refractivity contribution >= 4 is 33.5 Å². The highest BCUT2D eigenvalue weighted by molar-refractivity contribution is 7.20. The molecule has 3 N–H and O–H groups in total. The molecule has 2 rings (SSSR count). The minimum Gasteiger partial charge on any atom is -0.397 e. The van der Waals surface area contributed by atoms with Gasteiger partial charge in [-0.2, -0.15) is 0 Å². The van der Waals surface area contributed by atoms with Gasteiger partial charge in [0.05, 0.1) is 17.2 Å². The van der Waals surface area contributed by atoms with Crippen molar-refractivity contribution in [3.8, 4) is 0 Å². The molecular formula is C10H10N2O2S. The fourth-order valence-electron chi connectivity index (χ4n) is 1.57. The molecule has 0 aliphatic rings. The van der Waals surface area contributed by atoms with E-state index in [0.29, 0.717) is 20.8 Å². The number of hydrogen-bond acceptors (Lipinski definition) is 5. The van der Waals surface area contributed by atoms with E-state index in [2.05, 4.69) is 4.98 Å². The van der Waals surface area contributed by atoms with Crippen LogP contribution in [0.4, 0.5) is 5.69 Å². The van der Waals surface area contributed by atoms with Gasteiger partial charge in [-0.25, -0.2) is 4.98 Å². The van der Waals surface area contributed by atoms with E-state index in [9.17, 15) is 9.90 Å². The standard InChI is InChI=1S/C10H10N2O2S/c1-5-2-6(3-13)8-9(11)7(4-14)15-10(8)12-5/h2,4,13H,3,11H2,1H3. The zero-order chi connectivity index (χ0) is 11.0. The third kappa shape index (κ3) is 1.49. The van der Waals surface area contributed by atoms with Crippen LogP contribution >= 0.6 is 11.3 Å². The first-order chi connectivity index (χ1) is 7.17. The molecule has 2 aromatic heterocycles. The van der Waals surface area contributed by atoms with Crippen LogP contribution in [-0.2, 0) is 6.61 Å². The molecule has 2 aromatic rings. The maximum absolute atomic E-state index is 10.7. The number of carbonyl (C=O) groups is 1. The lowest BCUT2D eigenvalue weighted by molar-refractivity contribution is 0.112. The van der Waals surface area contributed by atoms with Crippen LogP contribution < -0.4 is 5.73 Å². The van der Waals surface area contributed by atoms with E-state index in [1.807, 2.05) is 6.92 Å². The van der Waals surface area contributed by atoms with Gasteiger partial charge in [0.15, 0.2) is 6.29 Å². The van der Waals surface area contributed by atoms with Crippen LogP contribution in [0.2, 0.25) is 0 Å². The third-order valence-corrected chi connectivity index (χ3v) is 3.24. The summed E-state index contributed by atoms with van der Waals surface area (Å²) in [6.45, 7) is 1.74. The lowest BCUT2D eigenvalue weighted by Crippen LogP contribution is -1.93. The van der Waals surface area contributed by atoms with Crippen LogP contribution in [0.1, 0.15) is 20.9 Å². The minimum atomic E-state index is -0.0981. The van der Waals surface area contributed by atoms with E-state index in [1.165, 1.54) is 11.3 Å². The number of aliphatic hydroxyl groups excluding tert-OH is 1. The average molecular weight is 222 g/mol. The number of hydrogen-bond donors (Lipinski definition) is 2.